The zero-order valence-corrected chi connectivity index (χ0v) is 18.9. The fraction of sp³-hybridized carbons (Fsp3) is 0.0435. The Labute approximate surface area is 191 Å². The quantitative estimate of drug-likeness (QED) is 0.185. The summed E-state index contributed by atoms with van der Waals surface area (Å²) in [5.41, 5.74) is 8.45. The molecule has 4 aromatic rings. The van der Waals surface area contributed by atoms with Crippen LogP contribution in [0.5, 0.6) is 0 Å². The van der Waals surface area contributed by atoms with Crippen LogP contribution in [0.1, 0.15) is 16.7 Å². The number of hydrogen-bond acceptors (Lipinski definition) is 6. The summed E-state index contributed by atoms with van der Waals surface area (Å²) in [5.74, 6) is 0. The maximum atomic E-state index is 11.0. The Balaban J connectivity index is 1.64. The summed E-state index contributed by atoms with van der Waals surface area (Å²) in [5, 5.41) is 18.2. The molecule has 0 amide bonds. The molecule has 0 fully saturated rings. The van der Waals surface area contributed by atoms with Crippen molar-refractivity contribution in [1.29, 1.82) is 0 Å². The van der Waals surface area contributed by atoms with Gasteiger partial charge in [-0.2, -0.15) is 5.10 Å². The van der Waals surface area contributed by atoms with E-state index in [4.69, 9.17) is 0 Å². The second-order valence-electron chi connectivity index (χ2n) is 6.79. The molecule has 4 rings (SSSR count). The number of nitro groups is 1. The first-order valence-corrected chi connectivity index (χ1v) is 11.0. The van der Waals surface area contributed by atoms with Gasteiger partial charge >= 0.3 is 0 Å². The van der Waals surface area contributed by atoms with E-state index in [0.717, 1.165) is 32.4 Å². The Kier molecular flexibility index (Phi) is 6.20. The number of rotatable bonds is 6. The zero-order chi connectivity index (χ0) is 21.8. The summed E-state index contributed by atoms with van der Waals surface area (Å²) in [7, 11) is 0. The van der Waals surface area contributed by atoms with E-state index in [1.54, 1.807) is 12.1 Å². The minimum absolute atomic E-state index is 0.0408. The van der Waals surface area contributed by atoms with Gasteiger partial charge in [0, 0.05) is 38.7 Å². The van der Waals surface area contributed by atoms with Crippen molar-refractivity contribution in [3.8, 4) is 11.3 Å². The van der Waals surface area contributed by atoms with Gasteiger partial charge in [0.05, 0.1) is 16.3 Å². The first-order valence-electron chi connectivity index (χ1n) is 9.36. The molecule has 1 heterocycles. The van der Waals surface area contributed by atoms with Crippen molar-refractivity contribution < 1.29 is 4.92 Å². The van der Waals surface area contributed by atoms with E-state index in [1.807, 2.05) is 60.8 Å². The van der Waals surface area contributed by atoms with Crippen molar-refractivity contribution in [1.82, 2.24) is 4.98 Å². The molecule has 8 heteroatoms. The zero-order valence-electron chi connectivity index (χ0n) is 16.4. The van der Waals surface area contributed by atoms with Gasteiger partial charge in [0.2, 0.25) is 5.13 Å². The van der Waals surface area contributed by atoms with Crippen LogP contribution < -0.4 is 5.43 Å². The summed E-state index contributed by atoms with van der Waals surface area (Å²) in [6.07, 6.45) is 0. The molecule has 0 unspecified atom stereocenters. The number of hydrazone groups is 1. The number of anilines is 1. The number of hydrogen-bond donors (Lipinski definition) is 1. The normalized spacial score (nSPS) is 11.4. The van der Waals surface area contributed by atoms with Gasteiger partial charge in [-0.3, -0.25) is 15.5 Å². The molecular weight excluding hydrogens is 476 g/mol. The Morgan fingerprint density at radius 3 is 2.23 bits per heavy atom. The molecule has 0 aliphatic heterocycles. The third-order valence-electron chi connectivity index (χ3n) is 4.58. The highest BCUT2D eigenvalue weighted by Crippen LogP contribution is 2.26. The van der Waals surface area contributed by atoms with E-state index < -0.39 is 4.92 Å². The van der Waals surface area contributed by atoms with E-state index in [2.05, 4.69) is 31.4 Å². The predicted molar refractivity (Wildman–Crippen MR) is 129 cm³/mol. The fourth-order valence-electron chi connectivity index (χ4n) is 2.93. The van der Waals surface area contributed by atoms with Crippen LogP contribution in [0.25, 0.3) is 11.3 Å². The highest BCUT2D eigenvalue weighted by atomic mass is 79.9. The van der Waals surface area contributed by atoms with E-state index in [-0.39, 0.29) is 5.69 Å². The summed E-state index contributed by atoms with van der Waals surface area (Å²) >= 11 is 4.90. The fourth-order valence-corrected chi connectivity index (χ4v) is 3.86. The third kappa shape index (κ3) is 5.04. The Morgan fingerprint density at radius 2 is 1.61 bits per heavy atom. The number of nitro benzene ring substituents is 1. The van der Waals surface area contributed by atoms with E-state index in [1.165, 1.54) is 23.5 Å². The topological polar surface area (TPSA) is 80.4 Å². The monoisotopic (exact) mass is 492 g/mol. The van der Waals surface area contributed by atoms with E-state index in [0.29, 0.717) is 10.8 Å². The van der Waals surface area contributed by atoms with Gasteiger partial charge in [-0.05, 0) is 31.2 Å². The van der Waals surface area contributed by atoms with Crippen molar-refractivity contribution in [2.45, 2.75) is 6.92 Å². The van der Waals surface area contributed by atoms with Crippen LogP contribution in [0.2, 0.25) is 0 Å². The minimum atomic E-state index is -0.413. The van der Waals surface area contributed by atoms with Gasteiger partial charge in [-0.1, -0.05) is 57.9 Å². The van der Waals surface area contributed by atoms with E-state index in [9.17, 15) is 10.1 Å². The van der Waals surface area contributed by atoms with Crippen LogP contribution >= 0.6 is 27.3 Å². The predicted octanol–water partition coefficient (Wildman–Crippen LogP) is 6.65. The number of thiazole rings is 1. The molecule has 1 N–H and O–H groups in total. The molecule has 0 bridgehead atoms. The SMILES string of the molecule is Cc1ccc(/C(=N\Nc2nc(-c3ccc(Br)cc3)cs2)c2ccc([N+](=O)[O-])cc2)cc1. The first-order chi connectivity index (χ1) is 15.0. The molecule has 3 aromatic carbocycles. The number of non-ortho nitro benzene ring substituents is 1. The molecular formula is C23H17BrN4O2S. The van der Waals surface area contributed by atoms with Crippen molar-refractivity contribution in [2.75, 3.05) is 5.43 Å². The summed E-state index contributed by atoms with van der Waals surface area (Å²) in [6.45, 7) is 2.02. The molecule has 6 nitrogen and oxygen atoms in total. The Bertz CT molecular complexity index is 1230. The number of aryl methyl sites for hydroxylation is 1. The molecule has 154 valence electrons. The number of aromatic nitrogens is 1. The molecule has 0 saturated heterocycles. The molecule has 31 heavy (non-hydrogen) atoms. The smallest absolute Gasteiger partial charge is 0.258 e. The number of halogens is 1. The maximum absolute atomic E-state index is 11.0. The van der Waals surface area contributed by atoms with Gasteiger partial charge in [0.15, 0.2) is 0 Å². The van der Waals surface area contributed by atoms with Gasteiger partial charge in [0.1, 0.15) is 0 Å². The van der Waals surface area contributed by atoms with Gasteiger partial charge < -0.3 is 0 Å². The lowest BCUT2D eigenvalue weighted by Crippen LogP contribution is -2.07. The number of benzene rings is 3. The average Bonchev–Trinajstić information content (AvgIpc) is 3.25. The average molecular weight is 493 g/mol. The molecule has 1 aromatic heterocycles. The molecule has 0 aliphatic rings. The van der Waals surface area contributed by atoms with Crippen LogP contribution in [0.4, 0.5) is 10.8 Å². The Morgan fingerprint density at radius 1 is 1.00 bits per heavy atom. The lowest BCUT2D eigenvalue weighted by atomic mass is 10.0. The molecule has 0 radical (unpaired) electrons. The lowest BCUT2D eigenvalue weighted by Gasteiger charge is -2.08. The van der Waals surface area contributed by atoms with Crippen molar-refractivity contribution in [3.05, 3.63) is 109 Å². The Hall–Kier alpha value is -3.36. The minimum Gasteiger partial charge on any atom is -0.258 e. The summed E-state index contributed by atoms with van der Waals surface area (Å²) in [6, 6.07) is 22.3. The molecule has 0 saturated carbocycles. The van der Waals surface area contributed by atoms with Gasteiger partial charge in [-0.15, -0.1) is 11.3 Å². The number of nitrogens with zero attached hydrogens (tertiary/aromatic N) is 3. The molecule has 0 atom stereocenters. The van der Waals surface area contributed by atoms with Crippen molar-refractivity contribution >= 4 is 43.8 Å². The van der Waals surface area contributed by atoms with Gasteiger partial charge in [0.25, 0.3) is 5.69 Å². The van der Waals surface area contributed by atoms with Crippen LogP contribution in [0.15, 0.2) is 87.8 Å². The van der Waals surface area contributed by atoms with Crippen molar-refractivity contribution in [2.24, 2.45) is 5.10 Å². The lowest BCUT2D eigenvalue weighted by molar-refractivity contribution is -0.384. The summed E-state index contributed by atoms with van der Waals surface area (Å²) in [4.78, 5) is 15.2. The van der Waals surface area contributed by atoms with Crippen LogP contribution in [-0.2, 0) is 0 Å². The van der Waals surface area contributed by atoms with Crippen molar-refractivity contribution in [3.63, 3.8) is 0 Å². The second-order valence-corrected chi connectivity index (χ2v) is 8.56. The third-order valence-corrected chi connectivity index (χ3v) is 5.86. The summed E-state index contributed by atoms with van der Waals surface area (Å²) < 4.78 is 1.01. The largest absolute Gasteiger partial charge is 0.269 e. The first kappa shape index (κ1) is 20.9. The van der Waals surface area contributed by atoms with Crippen LogP contribution in [-0.4, -0.2) is 15.6 Å². The highest BCUT2D eigenvalue weighted by Gasteiger charge is 2.11. The van der Waals surface area contributed by atoms with E-state index >= 15 is 0 Å². The second kappa shape index (κ2) is 9.20. The highest BCUT2D eigenvalue weighted by molar-refractivity contribution is 9.10. The number of nitrogens with one attached hydrogen (secondary N) is 1. The van der Waals surface area contributed by atoms with Crippen LogP contribution in [0, 0.1) is 17.0 Å². The molecule has 0 aliphatic carbocycles. The standard InChI is InChI=1S/C23H17BrN4O2S/c1-15-2-4-17(5-3-15)22(18-8-12-20(13-9-18)28(29)30)26-27-23-25-21(14-31-23)16-6-10-19(24)11-7-16/h2-14H,1H3,(H,25,27)/b26-22+. The molecule has 0 spiro atoms. The van der Waals surface area contributed by atoms with Crippen LogP contribution in [0.3, 0.4) is 0 Å². The van der Waals surface area contributed by atoms with Gasteiger partial charge in [-0.25, -0.2) is 4.98 Å². The maximum Gasteiger partial charge on any atom is 0.269 e.